The molecule has 1 heterocycles. The molecular formula is C19H25N5O2S. The molecule has 1 aromatic carbocycles. The van der Waals surface area contributed by atoms with E-state index >= 15 is 0 Å². The molecule has 0 aliphatic heterocycles. The van der Waals surface area contributed by atoms with E-state index in [1.165, 1.54) is 24.6 Å². The van der Waals surface area contributed by atoms with Gasteiger partial charge in [0.15, 0.2) is 11.0 Å². The van der Waals surface area contributed by atoms with Crippen LogP contribution in [0.1, 0.15) is 47.4 Å². The van der Waals surface area contributed by atoms with Gasteiger partial charge in [-0.2, -0.15) is 0 Å². The Morgan fingerprint density at radius 3 is 2.59 bits per heavy atom. The number of aromatic nitrogens is 3. The minimum atomic E-state index is -0.150. The maximum atomic E-state index is 12.2. The van der Waals surface area contributed by atoms with Crippen LogP contribution in [0.4, 0.5) is 0 Å². The molecule has 1 aliphatic rings. The predicted molar refractivity (Wildman–Crippen MR) is 104 cm³/mol. The third kappa shape index (κ3) is 5.32. The second kappa shape index (κ2) is 9.03. The lowest BCUT2D eigenvalue weighted by Gasteiger charge is -2.11. The van der Waals surface area contributed by atoms with Gasteiger partial charge in [0.25, 0.3) is 5.91 Å². The summed E-state index contributed by atoms with van der Waals surface area (Å²) in [5.74, 6) is 0.847. The van der Waals surface area contributed by atoms with E-state index in [1.807, 2.05) is 30.7 Å². The first-order valence-electron chi connectivity index (χ1n) is 9.18. The third-order valence-electron chi connectivity index (χ3n) is 4.70. The summed E-state index contributed by atoms with van der Waals surface area (Å²) in [6.07, 6.45) is 4.54. The van der Waals surface area contributed by atoms with Crippen molar-refractivity contribution >= 4 is 23.6 Å². The molecular weight excluding hydrogens is 362 g/mol. The lowest BCUT2D eigenvalue weighted by atomic mass is 10.1. The highest BCUT2D eigenvalue weighted by atomic mass is 32.2. The van der Waals surface area contributed by atoms with Crippen molar-refractivity contribution in [1.29, 1.82) is 0 Å². The molecule has 0 radical (unpaired) electrons. The lowest BCUT2D eigenvalue weighted by Crippen LogP contribution is -2.33. The Bertz CT molecular complexity index is 797. The van der Waals surface area contributed by atoms with Gasteiger partial charge in [-0.05, 0) is 31.9 Å². The monoisotopic (exact) mass is 387 g/mol. The minimum Gasteiger partial charge on any atom is -0.353 e. The van der Waals surface area contributed by atoms with Crippen molar-refractivity contribution in [1.82, 2.24) is 25.4 Å². The van der Waals surface area contributed by atoms with Crippen molar-refractivity contribution < 1.29 is 9.59 Å². The smallest absolute Gasteiger partial charge is 0.251 e. The Morgan fingerprint density at radius 1 is 1.19 bits per heavy atom. The van der Waals surface area contributed by atoms with Crippen LogP contribution in [0.25, 0.3) is 0 Å². The van der Waals surface area contributed by atoms with Gasteiger partial charge in [-0.3, -0.25) is 9.59 Å². The van der Waals surface area contributed by atoms with Gasteiger partial charge in [-0.25, -0.2) is 0 Å². The fourth-order valence-corrected chi connectivity index (χ4v) is 3.80. The molecule has 1 aromatic heterocycles. The van der Waals surface area contributed by atoms with Crippen LogP contribution in [0.3, 0.4) is 0 Å². The number of aryl methyl sites for hydroxylation is 1. The van der Waals surface area contributed by atoms with E-state index in [1.54, 1.807) is 12.1 Å². The molecule has 144 valence electrons. The molecule has 8 heteroatoms. The molecule has 1 saturated carbocycles. The number of amides is 2. The second-order valence-corrected chi connectivity index (χ2v) is 7.79. The maximum Gasteiger partial charge on any atom is 0.251 e. The van der Waals surface area contributed by atoms with Crippen LogP contribution in [0.2, 0.25) is 0 Å². The Balaban J connectivity index is 1.48. The van der Waals surface area contributed by atoms with Gasteiger partial charge in [-0.15, -0.1) is 10.2 Å². The topological polar surface area (TPSA) is 88.9 Å². The first kappa shape index (κ1) is 19.4. The summed E-state index contributed by atoms with van der Waals surface area (Å²) in [4.78, 5) is 24.2. The lowest BCUT2D eigenvalue weighted by molar-refractivity contribution is -0.119. The number of thioether (sulfide) groups is 1. The van der Waals surface area contributed by atoms with Crippen molar-refractivity contribution in [3.05, 3.63) is 41.2 Å². The number of carbonyl (C=O) groups is 2. The van der Waals surface area contributed by atoms with Crippen LogP contribution < -0.4 is 10.6 Å². The Morgan fingerprint density at radius 2 is 1.89 bits per heavy atom. The largest absolute Gasteiger partial charge is 0.353 e. The quantitative estimate of drug-likeness (QED) is 0.711. The van der Waals surface area contributed by atoms with Crippen molar-refractivity contribution in [2.75, 3.05) is 5.75 Å². The third-order valence-corrected chi connectivity index (χ3v) is 5.72. The summed E-state index contributed by atoms with van der Waals surface area (Å²) in [5, 5.41) is 14.8. The van der Waals surface area contributed by atoms with Crippen LogP contribution in [0, 0.1) is 6.92 Å². The van der Waals surface area contributed by atoms with Gasteiger partial charge in [0, 0.05) is 18.7 Å². The summed E-state index contributed by atoms with van der Waals surface area (Å²) in [5.41, 5.74) is 1.72. The van der Waals surface area contributed by atoms with Crippen LogP contribution >= 0.6 is 11.8 Å². The molecule has 2 amide bonds. The molecule has 1 aliphatic carbocycles. The van der Waals surface area contributed by atoms with Crippen LogP contribution in [-0.4, -0.2) is 38.4 Å². The highest BCUT2D eigenvalue weighted by Gasteiger charge is 2.18. The van der Waals surface area contributed by atoms with E-state index in [2.05, 4.69) is 20.8 Å². The van der Waals surface area contributed by atoms with E-state index in [9.17, 15) is 9.59 Å². The zero-order chi connectivity index (χ0) is 19.2. The summed E-state index contributed by atoms with van der Waals surface area (Å²) >= 11 is 1.36. The fourth-order valence-electron chi connectivity index (χ4n) is 3.06. The Hall–Kier alpha value is -2.35. The number of rotatable bonds is 7. The molecule has 7 nitrogen and oxygen atoms in total. The van der Waals surface area contributed by atoms with Crippen molar-refractivity contribution in [2.24, 2.45) is 7.05 Å². The molecule has 2 N–H and O–H groups in total. The summed E-state index contributed by atoms with van der Waals surface area (Å²) < 4.78 is 1.81. The average molecular weight is 388 g/mol. The Labute approximate surface area is 163 Å². The SMILES string of the molecule is Cc1ccc(C(=O)NCc2nnc(SCC(=O)NC3CCCC3)n2C)cc1. The van der Waals surface area contributed by atoms with Crippen molar-refractivity contribution in [3.8, 4) is 0 Å². The molecule has 0 atom stereocenters. The van der Waals surface area contributed by atoms with Gasteiger partial charge in [0.1, 0.15) is 0 Å². The van der Waals surface area contributed by atoms with Gasteiger partial charge >= 0.3 is 0 Å². The zero-order valence-corrected chi connectivity index (χ0v) is 16.5. The number of benzene rings is 1. The van der Waals surface area contributed by atoms with Crippen molar-refractivity contribution in [2.45, 2.75) is 50.4 Å². The van der Waals surface area contributed by atoms with Crippen LogP contribution in [0.15, 0.2) is 29.4 Å². The number of hydrogen-bond donors (Lipinski definition) is 2. The second-order valence-electron chi connectivity index (χ2n) is 6.84. The van der Waals surface area contributed by atoms with Gasteiger partial charge in [0.2, 0.25) is 5.91 Å². The highest BCUT2D eigenvalue weighted by Crippen LogP contribution is 2.19. The Kier molecular flexibility index (Phi) is 6.49. The standard InChI is InChI=1S/C19H25N5O2S/c1-13-7-9-14(10-8-13)18(26)20-11-16-22-23-19(24(16)2)27-12-17(25)21-15-5-3-4-6-15/h7-10,15H,3-6,11-12H2,1-2H3,(H,20,26)(H,21,25). The minimum absolute atomic E-state index is 0.0316. The number of nitrogens with zero attached hydrogens (tertiary/aromatic N) is 3. The highest BCUT2D eigenvalue weighted by molar-refractivity contribution is 7.99. The number of nitrogens with one attached hydrogen (secondary N) is 2. The molecule has 0 saturated heterocycles. The van der Waals surface area contributed by atoms with Gasteiger partial charge in [-0.1, -0.05) is 42.3 Å². The van der Waals surface area contributed by atoms with E-state index in [4.69, 9.17) is 0 Å². The first-order valence-corrected chi connectivity index (χ1v) is 10.2. The molecule has 27 heavy (non-hydrogen) atoms. The van der Waals surface area contributed by atoms with Crippen LogP contribution in [0.5, 0.6) is 0 Å². The molecule has 2 aromatic rings. The summed E-state index contributed by atoms with van der Waals surface area (Å²) in [6.45, 7) is 2.26. The number of carbonyl (C=O) groups excluding carboxylic acids is 2. The van der Waals surface area contributed by atoms with Crippen LogP contribution in [-0.2, 0) is 18.4 Å². The first-order chi connectivity index (χ1) is 13.0. The average Bonchev–Trinajstić information content (AvgIpc) is 3.28. The van der Waals surface area contributed by atoms with Crippen molar-refractivity contribution in [3.63, 3.8) is 0 Å². The normalized spacial score (nSPS) is 14.3. The maximum absolute atomic E-state index is 12.2. The fraction of sp³-hybridized carbons (Fsp3) is 0.474. The predicted octanol–water partition coefficient (Wildman–Crippen LogP) is 2.20. The molecule has 1 fully saturated rings. The summed E-state index contributed by atoms with van der Waals surface area (Å²) in [7, 11) is 1.84. The van der Waals surface area contributed by atoms with Gasteiger partial charge in [0.05, 0.1) is 12.3 Å². The van der Waals surface area contributed by atoms with Gasteiger partial charge < -0.3 is 15.2 Å². The van der Waals surface area contributed by atoms with E-state index < -0.39 is 0 Å². The molecule has 0 unspecified atom stereocenters. The molecule has 0 bridgehead atoms. The molecule has 0 spiro atoms. The van der Waals surface area contributed by atoms with E-state index in [-0.39, 0.29) is 18.4 Å². The summed E-state index contributed by atoms with van der Waals surface area (Å²) in [6, 6.07) is 7.73. The van der Waals surface area contributed by atoms with E-state index in [0.29, 0.717) is 28.3 Å². The zero-order valence-electron chi connectivity index (χ0n) is 15.7. The number of hydrogen-bond acceptors (Lipinski definition) is 5. The van der Waals surface area contributed by atoms with E-state index in [0.717, 1.165) is 18.4 Å². The molecule has 3 rings (SSSR count).